The number of ether oxygens (including phenoxy) is 1. The Morgan fingerprint density at radius 3 is 2.52 bits per heavy atom. The molecule has 1 amide bonds. The fourth-order valence-corrected chi connectivity index (χ4v) is 3.94. The maximum atomic E-state index is 12.2. The second kappa shape index (κ2) is 9.78. The van der Waals surface area contributed by atoms with Crippen LogP contribution in [0, 0.1) is 6.92 Å². The number of nitrogens with one attached hydrogen (secondary N) is 1. The fraction of sp³-hybridized carbons (Fsp3) is 0.429. The Morgan fingerprint density at radius 2 is 1.81 bits per heavy atom. The zero-order valence-electron chi connectivity index (χ0n) is 15.7. The minimum atomic E-state index is -0.0854. The number of nitrogens with zero attached hydrogens (tertiary/aromatic N) is 1. The van der Waals surface area contributed by atoms with E-state index in [0.29, 0.717) is 6.54 Å². The first-order valence-corrected chi connectivity index (χ1v) is 10.2. The first kappa shape index (κ1) is 19.7. The summed E-state index contributed by atoms with van der Waals surface area (Å²) in [4.78, 5) is 28.5. The number of carbonyl (C=O) groups excluding carboxylic acids is 2. The molecular formula is C21H26N2O3S. The molecule has 0 aliphatic carbocycles. The molecule has 1 aliphatic heterocycles. The first-order chi connectivity index (χ1) is 13.1. The van der Waals surface area contributed by atoms with Gasteiger partial charge in [-0.15, -0.1) is 11.3 Å². The van der Waals surface area contributed by atoms with Gasteiger partial charge in [0.25, 0.3) is 0 Å². The van der Waals surface area contributed by atoms with Crippen LogP contribution in [0.2, 0.25) is 0 Å². The van der Waals surface area contributed by atoms with Gasteiger partial charge in [0.1, 0.15) is 0 Å². The van der Waals surface area contributed by atoms with Crippen molar-refractivity contribution in [1.29, 1.82) is 0 Å². The average Bonchev–Trinajstić information content (AvgIpc) is 3.13. The van der Waals surface area contributed by atoms with E-state index in [9.17, 15) is 9.59 Å². The summed E-state index contributed by atoms with van der Waals surface area (Å²) in [6.07, 6.45) is 0.475. The van der Waals surface area contributed by atoms with Crippen molar-refractivity contribution in [2.24, 2.45) is 0 Å². The maximum Gasteiger partial charge on any atom is 0.220 e. The second-order valence-electron chi connectivity index (χ2n) is 6.77. The fourth-order valence-electron chi connectivity index (χ4n) is 3.10. The van der Waals surface area contributed by atoms with E-state index in [0.717, 1.165) is 48.2 Å². The lowest BCUT2D eigenvalue weighted by Gasteiger charge is -2.27. The van der Waals surface area contributed by atoms with Crippen LogP contribution in [0.5, 0.6) is 0 Å². The van der Waals surface area contributed by atoms with E-state index >= 15 is 0 Å². The Balaban J connectivity index is 1.47. The molecule has 27 heavy (non-hydrogen) atoms. The zero-order valence-corrected chi connectivity index (χ0v) is 16.5. The Hall–Kier alpha value is -2.02. The molecule has 5 nitrogen and oxygen atoms in total. The van der Waals surface area contributed by atoms with Crippen LogP contribution in [-0.4, -0.2) is 42.9 Å². The minimum Gasteiger partial charge on any atom is -0.379 e. The standard InChI is InChI=1S/C21H26N2O3S/c1-16-6-8-20(27-16)19(24)7-9-21(25)22-14-17-4-2-3-5-18(17)15-23-10-12-26-13-11-23/h2-6,8H,7,9-15H2,1H3,(H,22,25). The number of Topliss-reactive ketones (excluding diaryl/α,β-unsaturated/α-hetero) is 1. The molecule has 1 saturated heterocycles. The van der Waals surface area contributed by atoms with Gasteiger partial charge >= 0.3 is 0 Å². The van der Waals surface area contributed by atoms with Gasteiger partial charge in [-0.3, -0.25) is 14.5 Å². The molecular weight excluding hydrogens is 360 g/mol. The molecule has 2 aromatic rings. The lowest BCUT2D eigenvalue weighted by Crippen LogP contribution is -2.36. The van der Waals surface area contributed by atoms with Crippen LogP contribution in [-0.2, 0) is 22.6 Å². The van der Waals surface area contributed by atoms with Gasteiger partial charge in [-0.25, -0.2) is 0 Å². The van der Waals surface area contributed by atoms with E-state index in [2.05, 4.69) is 22.3 Å². The first-order valence-electron chi connectivity index (χ1n) is 9.35. The molecule has 3 rings (SSSR count). The molecule has 144 valence electrons. The number of ketones is 1. The molecule has 0 radical (unpaired) electrons. The summed E-state index contributed by atoms with van der Waals surface area (Å²) in [5, 5.41) is 2.96. The van der Waals surface area contributed by atoms with Crippen LogP contribution in [0.25, 0.3) is 0 Å². The van der Waals surface area contributed by atoms with Gasteiger partial charge in [0, 0.05) is 43.9 Å². The number of aryl methyl sites for hydroxylation is 1. The Morgan fingerprint density at radius 1 is 1.07 bits per heavy atom. The number of carbonyl (C=O) groups is 2. The van der Waals surface area contributed by atoms with Crippen LogP contribution in [0.3, 0.4) is 0 Å². The third-order valence-corrected chi connectivity index (χ3v) is 5.73. The predicted molar refractivity (Wildman–Crippen MR) is 107 cm³/mol. The molecule has 0 unspecified atom stereocenters. The number of hydrogen-bond acceptors (Lipinski definition) is 5. The molecule has 0 atom stereocenters. The van der Waals surface area contributed by atoms with Gasteiger partial charge < -0.3 is 10.1 Å². The largest absolute Gasteiger partial charge is 0.379 e. The van der Waals surface area contributed by atoms with E-state index in [1.807, 2.05) is 31.2 Å². The zero-order chi connectivity index (χ0) is 19.1. The molecule has 2 heterocycles. The maximum absolute atomic E-state index is 12.2. The topological polar surface area (TPSA) is 58.6 Å². The average molecular weight is 387 g/mol. The number of thiophene rings is 1. The molecule has 0 saturated carbocycles. The SMILES string of the molecule is Cc1ccc(C(=O)CCC(=O)NCc2ccccc2CN2CCOCC2)s1. The van der Waals surface area contributed by atoms with Crippen molar-refractivity contribution in [2.45, 2.75) is 32.9 Å². The highest BCUT2D eigenvalue weighted by Gasteiger charge is 2.14. The van der Waals surface area contributed by atoms with Gasteiger partial charge in [-0.2, -0.15) is 0 Å². The van der Waals surface area contributed by atoms with Gasteiger partial charge in [-0.05, 0) is 30.2 Å². The molecule has 0 spiro atoms. The van der Waals surface area contributed by atoms with E-state index in [-0.39, 0.29) is 24.5 Å². The van der Waals surface area contributed by atoms with Crippen LogP contribution < -0.4 is 5.32 Å². The van der Waals surface area contributed by atoms with Gasteiger partial charge in [0.2, 0.25) is 5.91 Å². The molecule has 1 aliphatic rings. The van der Waals surface area contributed by atoms with Crippen molar-refractivity contribution < 1.29 is 14.3 Å². The number of amides is 1. The Labute approximate surface area is 164 Å². The van der Waals surface area contributed by atoms with Crippen LogP contribution in [0.1, 0.15) is 38.5 Å². The summed E-state index contributed by atoms with van der Waals surface area (Å²) >= 11 is 1.48. The third-order valence-electron chi connectivity index (χ3n) is 4.69. The summed E-state index contributed by atoms with van der Waals surface area (Å²) in [6.45, 7) is 6.75. The van der Waals surface area contributed by atoms with Crippen LogP contribution >= 0.6 is 11.3 Å². The van der Waals surface area contributed by atoms with Crippen LogP contribution in [0.4, 0.5) is 0 Å². The highest BCUT2D eigenvalue weighted by atomic mass is 32.1. The summed E-state index contributed by atoms with van der Waals surface area (Å²) in [7, 11) is 0. The smallest absolute Gasteiger partial charge is 0.220 e. The minimum absolute atomic E-state index is 0.0379. The number of benzene rings is 1. The van der Waals surface area contributed by atoms with Crippen molar-refractivity contribution in [3.05, 3.63) is 57.3 Å². The summed E-state index contributed by atoms with van der Waals surface area (Å²) in [6, 6.07) is 12.0. The molecule has 1 fully saturated rings. The van der Waals surface area contributed by atoms with Gasteiger partial charge in [-0.1, -0.05) is 24.3 Å². The van der Waals surface area contributed by atoms with E-state index in [1.54, 1.807) is 0 Å². The summed E-state index contributed by atoms with van der Waals surface area (Å²) in [5.74, 6) is -0.0474. The van der Waals surface area contributed by atoms with E-state index < -0.39 is 0 Å². The highest BCUT2D eigenvalue weighted by Crippen LogP contribution is 2.17. The van der Waals surface area contributed by atoms with Crippen molar-refractivity contribution in [3.8, 4) is 0 Å². The van der Waals surface area contributed by atoms with Gasteiger partial charge in [0.05, 0.1) is 18.1 Å². The number of hydrogen-bond donors (Lipinski definition) is 1. The molecule has 0 bridgehead atoms. The number of morpholine rings is 1. The van der Waals surface area contributed by atoms with Crippen molar-refractivity contribution in [3.63, 3.8) is 0 Å². The number of rotatable bonds is 8. The van der Waals surface area contributed by atoms with E-state index in [1.165, 1.54) is 16.9 Å². The normalized spacial score (nSPS) is 14.9. The monoisotopic (exact) mass is 386 g/mol. The lowest BCUT2D eigenvalue weighted by atomic mass is 10.1. The van der Waals surface area contributed by atoms with Crippen molar-refractivity contribution >= 4 is 23.0 Å². The highest BCUT2D eigenvalue weighted by molar-refractivity contribution is 7.14. The molecule has 1 aromatic heterocycles. The third kappa shape index (κ3) is 5.99. The van der Waals surface area contributed by atoms with Crippen molar-refractivity contribution in [2.75, 3.05) is 26.3 Å². The molecule has 1 aromatic carbocycles. The summed E-state index contributed by atoms with van der Waals surface area (Å²) < 4.78 is 5.40. The van der Waals surface area contributed by atoms with Crippen LogP contribution in [0.15, 0.2) is 36.4 Å². The second-order valence-corrected chi connectivity index (χ2v) is 8.06. The van der Waals surface area contributed by atoms with Crippen molar-refractivity contribution in [1.82, 2.24) is 10.2 Å². The van der Waals surface area contributed by atoms with Gasteiger partial charge in [0.15, 0.2) is 5.78 Å². The Kier molecular flexibility index (Phi) is 7.15. The van der Waals surface area contributed by atoms with E-state index in [4.69, 9.17) is 4.74 Å². The Bertz CT molecular complexity index is 781. The lowest BCUT2D eigenvalue weighted by molar-refractivity contribution is -0.121. The predicted octanol–water partition coefficient (Wildman–Crippen LogP) is 3.17. The molecule has 1 N–H and O–H groups in total. The quantitative estimate of drug-likeness (QED) is 0.708. The summed E-state index contributed by atoms with van der Waals surface area (Å²) in [5.41, 5.74) is 2.35. The molecule has 6 heteroatoms.